The van der Waals surface area contributed by atoms with E-state index in [2.05, 4.69) is 13.5 Å². The van der Waals surface area contributed by atoms with Crippen molar-refractivity contribution in [3.63, 3.8) is 0 Å². The van der Waals surface area contributed by atoms with E-state index >= 15 is 0 Å². The van der Waals surface area contributed by atoms with Crippen LogP contribution in [-0.2, 0) is 4.79 Å². The van der Waals surface area contributed by atoms with E-state index < -0.39 is 0 Å². The molecule has 0 saturated heterocycles. The van der Waals surface area contributed by atoms with E-state index in [-0.39, 0.29) is 11.2 Å². The molecule has 2 unspecified atom stereocenters. The van der Waals surface area contributed by atoms with Gasteiger partial charge in [0.05, 0.1) is 0 Å². The molecule has 0 N–H and O–H groups in total. The van der Waals surface area contributed by atoms with Crippen molar-refractivity contribution >= 4 is 16.8 Å². The minimum atomic E-state index is -0.235. The van der Waals surface area contributed by atoms with Gasteiger partial charge in [0.2, 0.25) is 5.24 Å². The fourth-order valence-electron chi connectivity index (χ4n) is 1.08. The van der Waals surface area contributed by atoms with Crippen LogP contribution < -0.4 is 0 Å². The van der Waals surface area contributed by atoms with E-state index in [1.165, 1.54) is 0 Å². The van der Waals surface area contributed by atoms with Gasteiger partial charge in [0.15, 0.2) is 0 Å². The Balaban J connectivity index is 3.64. The Morgan fingerprint density at radius 3 is 2.55 bits per heavy atom. The Labute approximate surface area is 73.4 Å². The van der Waals surface area contributed by atoms with Crippen LogP contribution in [0, 0.1) is 11.8 Å². The number of carbonyl (C=O) groups excluding carboxylic acids is 1. The number of carbonyl (C=O) groups is 1. The summed E-state index contributed by atoms with van der Waals surface area (Å²) in [5.74, 6) is 0.483. The molecule has 0 saturated carbocycles. The van der Waals surface area contributed by atoms with Crippen molar-refractivity contribution in [2.24, 2.45) is 11.8 Å². The van der Waals surface area contributed by atoms with Gasteiger partial charge in [-0.15, -0.1) is 6.58 Å². The van der Waals surface area contributed by atoms with Crippen molar-refractivity contribution in [3.05, 3.63) is 12.7 Å². The molecule has 0 aromatic heterocycles. The Kier molecular flexibility index (Phi) is 5.22. The van der Waals surface area contributed by atoms with Crippen LogP contribution in [0.3, 0.4) is 0 Å². The third-order valence-electron chi connectivity index (χ3n) is 1.71. The van der Waals surface area contributed by atoms with Crippen LogP contribution in [0.1, 0.15) is 26.7 Å². The van der Waals surface area contributed by atoms with Crippen LogP contribution in [-0.4, -0.2) is 5.24 Å². The largest absolute Gasteiger partial charge is 0.281 e. The lowest BCUT2D eigenvalue weighted by Gasteiger charge is -2.11. The Hall–Kier alpha value is -0.300. The van der Waals surface area contributed by atoms with Gasteiger partial charge < -0.3 is 0 Å². The number of hydrogen-bond donors (Lipinski definition) is 0. The molecule has 0 bridgehead atoms. The summed E-state index contributed by atoms with van der Waals surface area (Å²) in [7, 11) is 0. The molecule has 0 spiro atoms. The Bertz CT molecular complexity index is 142. The Morgan fingerprint density at radius 2 is 2.18 bits per heavy atom. The first-order valence-electron chi connectivity index (χ1n) is 3.88. The van der Waals surface area contributed by atoms with Gasteiger partial charge in [0, 0.05) is 5.92 Å². The monoisotopic (exact) mass is 174 g/mol. The second-order valence-electron chi connectivity index (χ2n) is 3.07. The molecule has 64 valence electrons. The maximum Gasteiger partial charge on any atom is 0.224 e. The number of hydrogen-bond acceptors (Lipinski definition) is 1. The average Bonchev–Trinajstić information content (AvgIpc) is 1.87. The van der Waals surface area contributed by atoms with E-state index in [0.29, 0.717) is 5.92 Å². The molecule has 0 aromatic carbocycles. The molecule has 0 aliphatic carbocycles. The first-order valence-corrected chi connectivity index (χ1v) is 4.26. The van der Waals surface area contributed by atoms with Crippen LogP contribution in [0.25, 0.3) is 0 Å². The fourth-order valence-corrected chi connectivity index (χ4v) is 1.17. The van der Waals surface area contributed by atoms with Crippen LogP contribution in [0.5, 0.6) is 0 Å². The lowest BCUT2D eigenvalue weighted by atomic mass is 9.96. The average molecular weight is 175 g/mol. The molecule has 0 amide bonds. The lowest BCUT2D eigenvalue weighted by molar-refractivity contribution is -0.115. The zero-order valence-corrected chi connectivity index (χ0v) is 7.90. The summed E-state index contributed by atoms with van der Waals surface area (Å²) in [4.78, 5) is 10.6. The zero-order chi connectivity index (χ0) is 8.85. The highest BCUT2D eigenvalue weighted by atomic mass is 35.5. The third-order valence-corrected chi connectivity index (χ3v) is 2.08. The minimum Gasteiger partial charge on any atom is -0.281 e. The third kappa shape index (κ3) is 5.02. The molecule has 0 aliphatic rings. The first-order chi connectivity index (χ1) is 5.07. The topological polar surface area (TPSA) is 17.1 Å². The predicted molar refractivity (Wildman–Crippen MR) is 48.6 cm³/mol. The van der Waals surface area contributed by atoms with Crippen molar-refractivity contribution in [1.29, 1.82) is 0 Å². The van der Waals surface area contributed by atoms with Gasteiger partial charge in [0.25, 0.3) is 0 Å². The zero-order valence-electron chi connectivity index (χ0n) is 7.14. The molecule has 0 fully saturated rings. The van der Waals surface area contributed by atoms with E-state index in [4.69, 9.17) is 11.6 Å². The Morgan fingerprint density at radius 1 is 1.64 bits per heavy atom. The number of halogens is 1. The summed E-state index contributed by atoms with van der Waals surface area (Å²) in [5, 5.41) is -0.235. The molecule has 2 atom stereocenters. The van der Waals surface area contributed by atoms with Crippen LogP contribution in [0.4, 0.5) is 0 Å². The van der Waals surface area contributed by atoms with Crippen LogP contribution >= 0.6 is 11.6 Å². The van der Waals surface area contributed by atoms with Crippen molar-refractivity contribution in [1.82, 2.24) is 0 Å². The van der Waals surface area contributed by atoms with Gasteiger partial charge in [-0.05, 0) is 30.4 Å². The second kappa shape index (κ2) is 5.36. The van der Waals surface area contributed by atoms with Gasteiger partial charge in [-0.2, -0.15) is 0 Å². The smallest absolute Gasteiger partial charge is 0.224 e. The van der Waals surface area contributed by atoms with E-state index in [1.807, 2.05) is 13.0 Å². The maximum atomic E-state index is 10.6. The molecule has 2 heteroatoms. The van der Waals surface area contributed by atoms with E-state index in [1.54, 1.807) is 0 Å². The van der Waals surface area contributed by atoms with Crippen molar-refractivity contribution < 1.29 is 4.79 Å². The van der Waals surface area contributed by atoms with Gasteiger partial charge in [0.1, 0.15) is 0 Å². The normalized spacial score (nSPS) is 15.5. The summed E-state index contributed by atoms with van der Waals surface area (Å²) in [6, 6.07) is 0. The summed E-state index contributed by atoms with van der Waals surface area (Å²) in [5.41, 5.74) is 0. The van der Waals surface area contributed by atoms with Gasteiger partial charge in [-0.1, -0.05) is 19.9 Å². The minimum absolute atomic E-state index is 0.0217. The van der Waals surface area contributed by atoms with Gasteiger partial charge in [-0.3, -0.25) is 4.79 Å². The fraction of sp³-hybridized carbons (Fsp3) is 0.667. The van der Waals surface area contributed by atoms with E-state index in [9.17, 15) is 4.79 Å². The summed E-state index contributed by atoms with van der Waals surface area (Å²) in [6.07, 6.45) is 3.68. The highest BCUT2D eigenvalue weighted by molar-refractivity contribution is 6.63. The van der Waals surface area contributed by atoms with Crippen LogP contribution in [0.15, 0.2) is 12.7 Å². The molecule has 1 nitrogen and oxygen atoms in total. The molecular formula is C9H15ClO. The van der Waals surface area contributed by atoms with Crippen molar-refractivity contribution in [2.45, 2.75) is 26.7 Å². The second-order valence-corrected chi connectivity index (χ2v) is 3.44. The summed E-state index contributed by atoms with van der Waals surface area (Å²) >= 11 is 5.31. The summed E-state index contributed by atoms with van der Waals surface area (Å²) in [6.45, 7) is 7.59. The van der Waals surface area contributed by atoms with Gasteiger partial charge in [-0.25, -0.2) is 0 Å². The quantitative estimate of drug-likeness (QED) is 0.463. The molecule has 0 radical (unpaired) electrons. The molecule has 0 aliphatic heterocycles. The highest BCUT2D eigenvalue weighted by Gasteiger charge is 2.12. The lowest BCUT2D eigenvalue weighted by Crippen LogP contribution is -2.08. The summed E-state index contributed by atoms with van der Waals surface area (Å²) < 4.78 is 0. The number of allylic oxidation sites excluding steroid dienone is 1. The van der Waals surface area contributed by atoms with Gasteiger partial charge >= 0.3 is 0 Å². The maximum absolute atomic E-state index is 10.6. The predicted octanol–water partition coefficient (Wildman–Crippen LogP) is 2.99. The molecule has 0 rings (SSSR count). The van der Waals surface area contributed by atoms with Crippen molar-refractivity contribution in [2.75, 3.05) is 0 Å². The molecule has 0 aromatic rings. The molecular weight excluding hydrogens is 160 g/mol. The molecule has 11 heavy (non-hydrogen) atoms. The highest BCUT2D eigenvalue weighted by Crippen LogP contribution is 2.17. The number of rotatable bonds is 5. The standard InChI is InChI=1S/C9H15ClO/c1-4-5-7(2)6-8(3)9(10)11/h4,7-8H,1,5-6H2,2-3H3. The SMILES string of the molecule is C=CCC(C)CC(C)C(=O)Cl. The van der Waals surface area contributed by atoms with E-state index in [0.717, 1.165) is 12.8 Å². The van der Waals surface area contributed by atoms with Crippen LogP contribution in [0.2, 0.25) is 0 Å². The molecule has 0 heterocycles. The van der Waals surface area contributed by atoms with Crippen molar-refractivity contribution in [3.8, 4) is 0 Å². The first kappa shape index (κ1) is 10.7.